The highest BCUT2D eigenvalue weighted by Crippen LogP contribution is 2.37. The van der Waals surface area contributed by atoms with E-state index in [-0.39, 0.29) is 17.1 Å². The number of rotatable bonds is 5. The Morgan fingerprint density at radius 1 is 1.19 bits per heavy atom. The number of carbonyl (C=O) groups excluding carboxylic acids is 1. The van der Waals surface area contributed by atoms with E-state index in [0.717, 1.165) is 17.5 Å². The van der Waals surface area contributed by atoms with E-state index in [1.54, 1.807) is 30.5 Å². The molecule has 0 fully saturated rings. The molecule has 1 aliphatic heterocycles. The van der Waals surface area contributed by atoms with Gasteiger partial charge in [-0.3, -0.25) is 14.6 Å². The second-order valence-electron chi connectivity index (χ2n) is 6.53. The zero-order valence-corrected chi connectivity index (χ0v) is 15.3. The van der Waals surface area contributed by atoms with Crippen molar-refractivity contribution >= 4 is 16.9 Å². The number of fused-ring (bicyclic) bond motifs is 2. The summed E-state index contributed by atoms with van der Waals surface area (Å²) in [6.07, 6.45) is 4.13. The molecule has 138 valence electrons. The molecule has 1 unspecified atom stereocenters. The average molecular weight is 364 g/mol. The van der Waals surface area contributed by atoms with E-state index < -0.39 is 6.04 Å². The van der Waals surface area contributed by atoms with Gasteiger partial charge in [0, 0.05) is 26.0 Å². The van der Waals surface area contributed by atoms with Crippen molar-refractivity contribution in [2.45, 2.75) is 19.4 Å². The molecule has 4 rings (SSSR count). The smallest absolute Gasteiger partial charge is 0.290 e. The lowest BCUT2D eigenvalue weighted by Gasteiger charge is -2.24. The largest absolute Gasteiger partial charge is 0.450 e. The van der Waals surface area contributed by atoms with Gasteiger partial charge in [0.05, 0.1) is 23.6 Å². The number of methoxy groups -OCH3 is 1. The van der Waals surface area contributed by atoms with Crippen LogP contribution in [0.4, 0.5) is 0 Å². The van der Waals surface area contributed by atoms with Crippen molar-refractivity contribution in [2.24, 2.45) is 0 Å². The molecule has 1 aromatic carbocycles. The predicted octanol–water partition coefficient (Wildman–Crippen LogP) is 2.94. The van der Waals surface area contributed by atoms with Gasteiger partial charge < -0.3 is 14.1 Å². The van der Waals surface area contributed by atoms with Crippen LogP contribution in [0.5, 0.6) is 0 Å². The molecule has 3 aromatic rings. The molecule has 2 aromatic heterocycles. The van der Waals surface area contributed by atoms with E-state index >= 15 is 0 Å². The highest BCUT2D eigenvalue weighted by molar-refractivity contribution is 5.99. The summed E-state index contributed by atoms with van der Waals surface area (Å²) in [6.45, 7) is 2.77. The van der Waals surface area contributed by atoms with E-state index in [0.29, 0.717) is 29.7 Å². The Bertz CT molecular complexity index is 1060. The third kappa shape index (κ3) is 2.82. The van der Waals surface area contributed by atoms with Gasteiger partial charge in [-0.1, -0.05) is 13.0 Å². The summed E-state index contributed by atoms with van der Waals surface area (Å²) in [5, 5.41) is 0.508. The lowest BCUT2D eigenvalue weighted by atomic mass is 9.99. The van der Waals surface area contributed by atoms with Crippen LogP contribution in [0.3, 0.4) is 0 Å². The maximum atomic E-state index is 13.4. The van der Waals surface area contributed by atoms with E-state index in [2.05, 4.69) is 4.98 Å². The highest BCUT2D eigenvalue weighted by Gasteiger charge is 2.42. The molecule has 1 atom stereocenters. The molecular weight excluding hydrogens is 344 g/mol. The monoisotopic (exact) mass is 364 g/mol. The van der Waals surface area contributed by atoms with Gasteiger partial charge in [0.2, 0.25) is 5.76 Å². The SMILES string of the molecule is CCc1ccc2oc3c(c(=O)c2c1)C(c1ccncc1)N(CCOC)C3=O. The Kier molecular flexibility index (Phi) is 4.49. The summed E-state index contributed by atoms with van der Waals surface area (Å²) >= 11 is 0. The Hall–Kier alpha value is -2.99. The molecule has 3 heterocycles. The van der Waals surface area contributed by atoms with Crippen molar-refractivity contribution in [2.75, 3.05) is 20.3 Å². The van der Waals surface area contributed by atoms with Crippen LogP contribution < -0.4 is 5.43 Å². The number of hydrogen-bond donors (Lipinski definition) is 0. The summed E-state index contributed by atoms with van der Waals surface area (Å²) in [6, 6.07) is 8.67. The van der Waals surface area contributed by atoms with Gasteiger partial charge >= 0.3 is 0 Å². The zero-order chi connectivity index (χ0) is 19.0. The van der Waals surface area contributed by atoms with Crippen molar-refractivity contribution in [3.05, 3.63) is 75.4 Å². The minimum absolute atomic E-state index is 0.120. The van der Waals surface area contributed by atoms with Gasteiger partial charge in [-0.25, -0.2) is 0 Å². The minimum Gasteiger partial charge on any atom is -0.450 e. The van der Waals surface area contributed by atoms with E-state index in [1.807, 2.05) is 31.2 Å². The fourth-order valence-electron chi connectivity index (χ4n) is 3.60. The predicted molar refractivity (Wildman–Crippen MR) is 101 cm³/mol. The number of pyridine rings is 1. The number of ether oxygens (including phenoxy) is 1. The average Bonchev–Trinajstić information content (AvgIpc) is 2.99. The second kappa shape index (κ2) is 6.96. The maximum Gasteiger partial charge on any atom is 0.290 e. The maximum absolute atomic E-state index is 13.4. The van der Waals surface area contributed by atoms with E-state index in [4.69, 9.17) is 9.15 Å². The Morgan fingerprint density at radius 3 is 2.67 bits per heavy atom. The van der Waals surface area contributed by atoms with Crippen LogP contribution >= 0.6 is 0 Å². The van der Waals surface area contributed by atoms with E-state index in [1.165, 1.54) is 0 Å². The molecule has 1 amide bonds. The number of aromatic nitrogens is 1. The topological polar surface area (TPSA) is 72.6 Å². The number of nitrogens with zero attached hydrogens (tertiary/aromatic N) is 2. The van der Waals surface area contributed by atoms with Crippen LogP contribution in [-0.2, 0) is 11.2 Å². The molecule has 0 saturated heterocycles. The summed E-state index contributed by atoms with van der Waals surface area (Å²) in [4.78, 5) is 32.1. The lowest BCUT2D eigenvalue weighted by molar-refractivity contribution is 0.0663. The first-order valence-corrected chi connectivity index (χ1v) is 8.95. The van der Waals surface area contributed by atoms with Crippen LogP contribution in [0.15, 0.2) is 51.9 Å². The first-order valence-electron chi connectivity index (χ1n) is 8.95. The van der Waals surface area contributed by atoms with Gasteiger partial charge in [-0.2, -0.15) is 0 Å². The van der Waals surface area contributed by atoms with Crippen molar-refractivity contribution < 1.29 is 13.9 Å². The molecule has 0 N–H and O–H groups in total. The molecule has 0 aliphatic carbocycles. The van der Waals surface area contributed by atoms with Gasteiger partial charge in [0.25, 0.3) is 5.91 Å². The van der Waals surface area contributed by atoms with Crippen LogP contribution in [0.1, 0.15) is 40.2 Å². The molecule has 0 bridgehead atoms. The van der Waals surface area contributed by atoms with E-state index in [9.17, 15) is 9.59 Å². The van der Waals surface area contributed by atoms with Crippen LogP contribution in [-0.4, -0.2) is 36.1 Å². The zero-order valence-electron chi connectivity index (χ0n) is 15.3. The fourth-order valence-corrected chi connectivity index (χ4v) is 3.60. The minimum atomic E-state index is -0.503. The standard InChI is InChI=1S/C21H20N2O4/c1-3-13-4-5-16-15(12-13)19(24)17-18(14-6-8-22-9-7-14)23(10-11-26-2)21(25)20(17)27-16/h4-9,12,18H,3,10-11H2,1-2H3. The van der Waals surface area contributed by atoms with Crippen molar-refractivity contribution in [1.29, 1.82) is 0 Å². The Labute approximate surface area is 156 Å². The van der Waals surface area contributed by atoms with Crippen LogP contribution in [0.25, 0.3) is 11.0 Å². The Balaban J connectivity index is 1.97. The summed E-state index contributed by atoms with van der Waals surface area (Å²) < 4.78 is 11.1. The molecular formula is C21H20N2O4. The lowest BCUT2D eigenvalue weighted by Crippen LogP contribution is -2.32. The number of hydrogen-bond acceptors (Lipinski definition) is 5. The molecule has 6 heteroatoms. The molecule has 0 spiro atoms. The van der Waals surface area contributed by atoms with Gasteiger partial charge in [0.1, 0.15) is 5.58 Å². The number of benzene rings is 1. The molecule has 1 aliphatic rings. The molecule has 27 heavy (non-hydrogen) atoms. The summed E-state index contributed by atoms with van der Waals surface area (Å²) in [5.41, 5.74) is 2.55. The summed E-state index contributed by atoms with van der Waals surface area (Å²) in [7, 11) is 1.58. The molecule has 6 nitrogen and oxygen atoms in total. The van der Waals surface area contributed by atoms with Gasteiger partial charge in [-0.05, 0) is 41.8 Å². The number of aryl methyl sites for hydroxylation is 1. The first-order chi connectivity index (χ1) is 13.2. The fraction of sp³-hybridized carbons (Fsp3) is 0.286. The second-order valence-corrected chi connectivity index (χ2v) is 6.53. The number of carbonyl (C=O) groups is 1. The van der Waals surface area contributed by atoms with Gasteiger partial charge in [0.15, 0.2) is 5.43 Å². The quantitative estimate of drug-likeness (QED) is 0.696. The third-order valence-corrected chi connectivity index (χ3v) is 5.00. The third-order valence-electron chi connectivity index (χ3n) is 5.00. The molecule has 0 saturated carbocycles. The Morgan fingerprint density at radius 2 is 1.96 bits per heavy atom. The summed E-state index contributed by atoms with van der Waals surface area (Å²) in [5.74, 6) is -0.169. The number of amides is 1. The van der Waals surface area contributed by atoms with Crippen LogP contribution in [0.2, 0.25) is 0 Å². The van der Waals surface area contributed by atoms with Crippen molar-refractivity contribution in [3.8, 4) is 0 Å². The van der Waals surface area contributed by atoms with Crippen molar-refractivity contribution in [1.82, 2.24) is 9.88 Å². The first kappa shape index (κ1) is 17.4. The normalized spacial score (nSPS) is 16.1. The highest BCUT2D eigenvalue weighted by atomic mass is 16.5. The molecule has 0 radical (unpaired) electrons. The van der Waals surface area contributed by atoms with Crippen LogP contribution in [0, 0.1) is 0 Å². The van der Waals surface area contributed by atoms with Gasteiger partial charge in [-0.15, -0.1) is 0 Å². The van der Waals surface area contributed by atoms with Crippen molar-refractivity contribution in [3.63, 3.8) is 0 Å².